The molecule has 0 unspecified atom stereocenters. The Kier molecular flexibility index (Phi) is 3.71. The average molecular weight is 381 g/mol. The number of anilines is 1. The highest BCUT2D eigenvalue weighted by atomic mass is 32.1. The van der Waals surface area contributed by atoms with Crippen LogP contribution in [-0.2, 0) is 19.4 Å². The molecule has 1 aliphatic rings. The second-order valence-electron chi connectivity index (χ2n) is 6.35. The first-order valence-corrected chi connectivity index (χ1v) is 9.43. The van der Waals surface area contributed by atoms with Crippen molar-refractivity contribution in [3.63, 3.8) is 0 Å². The van der Waals surface area contributed by atoms with Gasteiger partial charge in [-0.3, -0.25) is 4.52 Å². The zero-order valence-electron chi connectivity index (χ0n) is 14.3. The third-order valence-electron chi connectivity index (χ3n) is 4.64. The number of rotatable bonds is 3. The Bertz CT molecular complexity index is 1200. The van der Waals surface area contributed by atoms with E-state index in [1.54, 1.807) is 29.8 Å². The van der Waals surface area contributed by atoms with Gasteiger partial charge in [-0.05, 0) is 37.3 Å². The molecule has 4 heterocycles. The van der Waals surface area contributed by atoms with Crippen molar-refractivity contribution in [2.75, 3.05) is 5.73 Å². The summed E-state index contributed by atoms with van der Waals surface area (Å²) < 4.78 is 6.11. The van der Waals surface area contributed by atoms with Gasteiger partial charge in [0.1, 0.15) is 10.6 Å². The molecule has 4 aromatic rings. The number of aromatic nitrogens is 6. The van der Waals surface area contributed by atoms with Crippen LogP contribution in [0.5, 0.6) is 0 Å². The van der Waals surface area contributed by atoms with Crippen molar-refractivity contribution in [1.82, 2.24) is 29.7 Å². The van der Waals surface area contributed by atoms with Gasteiger partial charge in [-0.2, -0.15) is 0 Å². The Morgan fingerprint density at radius 3 is 2.85 bits per heavy atom. The van der Waals surface area contributed by atoms with Gasteiger partial charge in [-0.25, -0.2) is 29.3 Å². The summed E-state index contributed by atoms with van der Waals surface area (Å²) in [5.74, 6) is 0.792. The minimum atomic E-state index is -0.620. The van der Waals surface area contributed by atoms with Gasteiger partial charge in [0.05, 0.1) is 11.9 Å². The molecule has 10 heteroatoms. The van der Waals surface area contributed by atoms with Crippen molar-refractivity contribution < 1.29 is 4.52 Å². The fourth-order valence-electron chi connectivity index (χ4n) is 3.43. The minimum Gasteiger partial charge on any atom is -0.383 e. The topological polar surface area (TPSA) is 126 Å². The highest BCUT2D eigenvalue weighted by Crippen LogP contribution is 2.37. The molecule has 5 rings (SSSR count). The average Bonchev–Trinajstić information content (AvgIpc) is 3.23. The Morgan fingerprint density at radius 1 is 1.19 bits per heavy atom. The van der Waals surface area contributed by atoms with Crippen molar-refractivity contribution in [3.05, 3.63) is 45.3 Å². The molecule has 136 valence electrons. The van der Waals surface area contributed by atoms with E-state index in [0.29, 0.717) is 17.5 Å². The summed E-state index contributed by atoms with van der Waals surface area (Å²) in [4.78, 5) is 31.7. The highest BCUT2D eigenvalue weighted by molar-refractivity contribution is 7.19. The molecule has 0 saturated carbocycles. The number of aryl methyl sites for hydroxylation is 2. The molecule has 0 spiro atoms. The summed E-state index contributed by atoms with van der Waals surface area (Å²) in [5, 5.41) is 4.75. The smallest absolute Gasteiger partial charge is 0.383 e. The molecular weight excluding hydrogens is 366 g/mol. The van der Waals surface area contributed by atoms with Crippen LogP contribution in [0.2, 0.25) is 0 Å². The Morgan fingerprint density at radius 2 is 2.00 bits per heavy atom. The number of hydrogen-bond donors (Lipinski definition) is 1. The molecule has 4 aromatic heterocycles. The van der Waals surface area contributed by atoms with Gasteiger partial charge in [0.2, 0.25) is 5.82 Å². The lowest BCUT2D eigenvalue weighted by Gasteiger charge is -2.10. The van der Waals surface area contributed by atoms with E-state index in [1.807, 2.05) is 0 Å². The molecule has 1 aliphatic carbocycles. The van der Waals surface area contributed by atoms with E-state index >= 15 is 0 Å². The molecule has 2 N–H and O–H groups in total. The van der Waals surface area contributed by atoms with E-state index < -0.39 is 5.76 Å². The van der Waals surface area contributed by atoms with E-state index in [0.717, 1.165) is 29.5 Å². The quantitative estimate of drug-likeness (QED) is 0.569. The van der Waals surface area contributed by atoms with Gasteiger partial charge < -0.3 is 5.73 Å². The van der Waals surface area contributed by atoms with Crippen molar-refractivity contribution in [1.29, 1.82) is 0 Å². The van der Waals surface area contributed by atoms with Crippen LogP contribution in [0.4, 0.5) is 5.82 Å². The number of fused-ring (bicyclic) bond motifs is 3. The summed E-state index contributed by atoms with van der Waals surface area (Å²) in [7, 11) is 0. The standard InChI is InChI=1S/C17H15N7O2S/c18-13-12-9-4-1-2-5-10(9)27-16(12)22-11(21-13)8-24-15(23-26-17(24)25)14-19-6-3-7-20-14/h3,6-7H,1-2,4-5,8H2,(H2,18,21,22). The molecule has 0 fully saturated rings. The molecule has 0 radical (unpaired) electrons. The van der Waals surface area contributed by atoms with Crippen LogP contribution in [-0.4, -0.2) is 29.7 Å². The normalized spacial score (nSPS) is 13.8. The van der Waals surface area contributed by atoms with E-state index in [2.05, 4.69) is 25.1 Å². The van der Waals surface area contributed by atoms with Gasteiger partial charge in [-0.1, -0.05) is 5.16 Å². The Labute approximate surface area is 156 Å². The second kappa shape index (κ2) is 6.23. The number of nitrogens with zero attached hydrogens (tertiary/aromatic N) is 6. The maximum atomic E-state index is 12.1. The summed E-state index contributed by atoms with van der Waals surface area (Å²) in [6.07, 6.45) is 7.58. The summed E-state index contributed by atoms with van der Waals surface area (Å²) in [6.45, 7) is 0.0820. The zero-order valence-corrected chi connectivity index (χ0v) is 15.1. The van der Waals surface area contributed by atoms with Gasteiger partial charge in [0.25, 0.3) is 0 Å². The number of nitrogens with two attached hydrogens (primary N) is 1. The third-order valence-corrected chi connectivity index (χ3v) is 5.83. The molecule has 9 nitrogen and oxygen atoms in total. The van der Waals surface area contributed by atoms with E-state index in [9.17, 15) is 4.79 Å². The SMILES string of the molecule is Nc1nc(Cn2c(-c3ncccn3)noc2=O)nc2sc3c(c12)CCCC3. The fourth-order valence-corrected chi connectivity index (χ4v) is 4.71. The van der Waals surface area contributed by atoms with Crippen LogP contribution < -0.4 is 11.5 Å². The van der Waals surface area contributed by atoms with Crippen molar-refractivity contribution >= 4 is 27.4 Å². The lowest BCUT2D eigenvalue weighted by atomic mass is 9.97. The maximum absolute atomic E-state index is 12.1. The number of hydrogen-bond acceptors (Lipinski definition) is 9. The minimum absolute atomic E-state index is 0.0820. The number of nitrogen functional groups attached to an aromatic ring is 1. The second-order valence-corrected chi connectivity index (χ2v) is 7.43. The predicted octanol–water partition coefficient (Wildman–Crippen LogP) is 1.81. The van der Waals surface area contributed by atoms with Gasteiger partial charge >= 0.3 is 5.76 Å². The van der Waals surface area contributed by atoms with Crippen LogP contribution in [0.1, 0.15) is 29.1 Å². The van der Waals surface area contributed by atoms with Crippen LogP contribution >= 0.6 is 11.3 Å². The number of thiophene rings is 1. The largest absolute Gasteiger partial charge is 0.442 e. The van der Waals surface area contributed by atoms with E-state index in [1.165, 1.54) is 21.4 Å². The van der Waals surface area contributed by atoms with E-state index in [4.69, 9.17) is 10.3 Å². The lowest BCUT2D eigenvalue weighted by molar-refractivity contribution is 0.377. The van der Waals surface area contributed by atoms with Crippen LogP contribution in [0.15, 0.2) is 27.8 Å². The highest BCUT2D eigenvalue weighted by Gasteiger charge is 2.21. The predicted molar refractivity (Wildman–Crippen MR) is 99.4 cm³/mol. The van der Waals surface area contributed by atoms with Crippen LogP contribution in [0.25, 0.3) is 21.9 Å². The van der Waals surface area contributed by atoms with Gasteiger partial charge in [0.15, 0.2) is 11.6 Å². The van der Waals surface area contributed by atoms with Crippen molar-refractivity contribution in [2.45, 2.75) is 32.2 Å². The van der Waals surface area contributed by atoms with Crippen molar-refractivity contribution in [3.8, 4) is 11.6 Å². The fraction of sp³-hybridized carbons (Fsp3) is 0.294. The molecule has 0 bridgehead atoms. The van der Waals surface area contributed by atoms with E-state index in [-0.39, 0.29) is 12.4 Å². The van der Waals surface area contributed by atoms with Crippen LogP contribution in [0.3, 0.4) is 0 Å². The molecule has 0 atom stereocenters. The lowest BCUT2D eigenvalue weighted by Crippen LogP contribution is -2.18. The first kappa shape index (κ1) is 16.1. The third kappa shape index (κ3) is 2.69. The first-order valence-electron chi connectivity index (χ1n) is 8.61. The molecule has 0 saturated heterocycles. The molecule has 0 amide bonds. The van der Waals surface area contributed by atoms with Crippen molar-refractivity contribution in [2.24, 2.45) is 0 Å². The molecular formula is C17H15N7O2S. The first-order chi connectivity index (χ1) is 13.2. The molecule has 0 aromatic carbocycles. The van der Waals surface area contributed by atoms with Gasteiger partial charge in [0, 0.05) is 17.3 Å². The maximum Gasteiger partial charge on any atom is 0.442 e. The molecule has 0 aliphatic heterocycles. The molecule has 27 heavy (non-hydrogen) atoms. The summed E-state index contributed by atoms with van der Waals surface area (Å²) in [5.41, 5.74) is 7.53. The summed E-state index contributed by atoms with van der Waals surface area (Å²) >= 11 is 1.66. The monoisotopic (exact) mass is 381 g/mol. The zero-order chi connectivity index (χ0) is 18.4. The Hall–Kier alpha value is -3.14. The Balaban J connectivity index is 1.58. The van der Waals surface area contributed by atoms with Crippen LogP contribution in [0, 0.1) is 0 Å². The summed E-state index contributed by atoms with van der Waals surface area (Å²) in [6, 6.07) is 1.68. The van der Waals surface area contributed by atoms with Gasteiger partial charge in [-0.15, -0.1) is 11.3 Å².